The lowest BCUT2D eigenvalue weighted by Crippen LogP contribution is -1.98. The zero-order valence-corrected chi connectivity index (χ0v) is 8.48. The van der Waals surface area contributed by atoms with Gasteiger partial charge in [0.25, 0.3) is 0 Å². The number of hydrogen-bond acceptors (Lipinski definition) is 4. The maximum Gasteiger partial charge on any atom is 0.194 e. The van der Waals surface area contributed by atoms with Crippen molar-refractivity contribution in [2.45, 2.75) is 0 Å². The molecule has 2 rings (SSSR count). The van der Waals surface area contributed by atoms with Crippen LogP contribution in [0, 0.1) is 5.82 Å². The Morgan fingerprint density at radius 1 is 1.38 bits per heavy atom. The molecular weight excluding hydrogens is 213 g/mol. The molecule has 6 heteroatoms. The molecule has 2 aromatic rings. The van der Waals surface area contributed by atoms with Crippen LogP contribution in [0.25, 0.3) is 11.1 Å². The Hall–Kier alpha value is -2.24. The summed E-state index contributed by atoms with van der Waals surface area (Å²) in [6.07, 6.45) is 1.46. The van der Waals surface area contributed by atoms with Crippen molar-refractivity contribution in [3.8, 4) is 22.6 Å². The zero-order valence-electron chi connectivity index (χ0n) is 8.48. The number of anilines is 1. The number of nitrogen functional groups attached to an aromatic ring is 1. The largest absolute Gasteiger partial charge is 0.504 e. The van der Waals surface area contributed by atoms with Crippen molar-refractivity contribution in [2.75, 3.05) is 5.73 Å². The van der Waals surface area contributed by atoms with Gasteiger partial charge >= 0.3 is 0 Å². The molecule has 84 valence electrons. The third-order valence-corrected chi connectivity index (χ3v) is 2.34. The van der Waals surface area contributed by atoms with Gasteiger partial charge in [-0.05, 0) is 17.7 Å². The molecule has 0 spiro atoms. The zero-order chi connectivity index (χ0) is 11.9. The van der Waals surface area contributed by atoms with Crippen molar-refractivity contribution < 1.29 is 14.6 Å². The number of hydrogen-bond donors (Lipinski definition) is 3. The van der Waals surface area contributed by atoms with E-state index in [2.05, 4.69) is 5.10 Å². The summed E-state index contributed by atoms with van der Waals surface area (Å²) < 4.78 is 14.6. The van der Waals surface area contributed by atoms with Crippen molar-refractivity contribution in [1.82, 2.24) is 9.78 Å². The summed E-state index contributed by atoms with van der Waals surface area (Å²) in [4.78, 5) is 0. The standard InChI is InChI=1S/C10H10FN3O2/c1-14-10(12)6(4-13-14)5-2-7(11)9(16)8(15)3-5/h2-4,15-16H,12H2,1H3. The second-order valence-corrected chi connectivity index (χ2v) is 3.39. The van der Waals surface area contributed by atoms with E-state index in [0.29, 0.717) is 16.9 Å². The minimum Gasteiger partial charge on any atom is -0.504 e. The Morgan fingerprint density at radius 3 is 2.56 bits per heavy atom. The number of aromatic nitrogens is 2. The highest BCUT2D eigenvalue weighted by Crippen LogP contribution is 2.35. The Bertz CT molecular complexity index is 528. The lowest BCUT2D eigenvalue weighted by molar-refractivity contribution is 0.379. The molecule has 1 aromatic carbocycles. The van der Waals surface area contributed by atoms with Gasteiger partial charge in [0.2, 0.25) is 0 Å². The van der Waals surface area contributed by atoms with Crippen LogP contribution < -0.4 is 5.73 Å². The maximum atomic E-state index is 13.2. The lowest BCUT2D eigenvalue weighted by Gasteiger charge is -2.04. The Labute approximate surface area is 90.6 Å². The molecule has 0 aliphatic rings. The summed E-state index contributed by atoms with van der Waals surface area (Å²) in [5, 5.41) is 22.3. The molecule has 0 bridgehead atoms. The number of aryl methyl sites for hydroxylation is 1. The van der Waals surface area contributed by atoms with Crippen LogP contribution >= 0.6 is 0 Å². The monoisotopic (exact) mass is 223 g/mol. The van der Waals surface area contributed by atoms with Gasteiger partial charge in [0.05, 0.1) is 6.20 Å². The fraction of sp³-hybridized carbons (Fsp3) is 0.100. The van der Waals surface area contributed by atoms with Crippen molar-refractivity contribution in [1.29, 1.82) is 0 Å². The molecule has 0 aliphatic heterocycles. The smallest absolute Gasteiger partial charge is 0.194 e. The highest BCUT2D eigenvalue weighted by atomic mass is 19.1. The summed E-state index contributed by atoms with van der Waals surface area (Å²) in [5.41, 5.74) is 6.56. The molecule has 1 aromatic heterocycles. The first-order valence-electron chi connectivity index (χ1n) is 4.50. The number of rotatable bonds is 1. The van der Waals surface area contributed by atoms with Crippen molar-refractivity contribution in [3.05, 3.63) is 24.1 Å². The fourth-order valence-corrected chi connectivity index (χ4v) is 1.41. The third-order valence-electron chi connectivity index (χ3n) is 2.34. The van der Waals surface area contributed by atoms with E-state index in [1.165, 1.54) is 16.9 Å². The second-order valence-electron chi connectivity index (χ2n) is 3.39. The minimum atomic E-state index is -0.904. The number of nitrogens with two attached hydrogens (primary N) is 1. The van der Waals surface area contributed by atoms with E-state index in [1.807, 2.05) is 0 Å². The number of halogens is 1. The van der Waals surface area contributed by atoms with Crippen LogP contribution in [0.1, 0.15) is 0 Å². The van der Waals surface area contributed by atoms with Crippen molar-refractivity contribution in [2.24, 2.45) is 7.05 Å². The number of aromatic hydroxyl groups is 2. The Kier molecular flexibility index (Phi) is 2.19. The minimum absolute atomic E-state index is 0.351. The molecule has 0 radical (unpaired) electrons. The predicted octanol–water partition coefficient (Wildman–Crippen LogP) is 1.22. The van der Waals surface area contributed by atoms with Crippen molar-refractivity contribution >= 4 is 5.82 Å². The first kappa shape index (κ1) is 10.3. The third kappa shape index (κ3) is 1.44. The van der Waals surface area contributed by atoms with Crippen LogP contribution in [0.15, 0.2) is 18.3 Å². The SMILES string of the molecule is Cn1ncc(-c2cc(O)c(O)c(F)c2)c1N. The summed E-state index contributed by atoms with van der Waals surface area (Å²) in [6, 6.07) is 2.31. The lowest BCUT2D eigenvalue weighted by atomic mass is 10.1. The number of nitrogens with zero attached hydrogens (tertiary/aromatic N) is 2. The predicted molar refractivity (Wildman–Crippen MR) is 56.3 cm³/mol. The van der Waals surface area contributed by atoms with E-state index in [4.69, 9.17) is 10.8 Å². The number of benzene rings is 1. The highest BCUT2D eigenvalue weighted by molar-refractivity contribution is 5.75. The number of phenols is 2. The molecule has 4 N–H and O–H groups in total. The van der Waals surface area contributed by atoms with Crippen molar-refractivity contribution in [3.63, 3.8) is 0 Å². The van der Waals surface area contributed by atoms with Gasteiger partial charge in [-0.25, -0.2) is 4.39 Å². The van der Waals surface area contributed by atoms with Gasteiger partial charge in [-0.3, -0.25) is 4.68 Å². The summed E-state index contributed by atoms with van der Waals surface area (Å²) in [7, 11) is 1.65. The van der Waals surface area contributed by atoms with Gasteiger partial charge in [-0.2, -0.15) is 5.10 Å². The summed E-state index contributed by atoms with van der Waals surface area (Å²) in [6.45, 7) is 0. The summed E-state index contributed by atoms with van der Waals surface area (Å²) in [5.74, 6) is -1.85. The van der Waals surface area contributed by atoms with Gasteiger partial charge in [-0.1, -0.05) is 0 Å². The van der Waals surface area contributed by atoms with E-state index < -0.39 is 17.3 Å². The Morgan fingerprint density at radius 2 is 2.06 bits per heavy atom. The van der Waals surface area contributed by atoms with Gasteiger partial charge in [0.15, 0.2) is 17.3 Å². The summed E-state index contributed by atoms with van der Waals surface area (Å²) >= 11 is 0. The fourth-order valence-electron chi connectivity index (χ4n) is 1.41. The molecular formula is C10H10FN3O2. The van der Waals surface area contributed by atoms with Crippen LogP contribution in [-0.2, 0) is 7.05 Å². The molecule has 1 heterocycles. The quantitative estimate of drug-likeness (QED) is 0.634. The Balaban J connectivity index is 2.61. The molecule has 0 saturated carbocycles. The topological polar surface area (TPSA) is 84.3 Å². The van der Waals surface area contributed by atoms with E-state index in [-0.39, 0.29) is 0 Å². The van der Waals surface area contributed by atoms with Crippen LogP contribution in [0.2, 0.25) is 0 Å². The average Bonchev–Trinajstić information content (AvgIpc) is 2.56. The van der Waals surface area contributed by atoms with Gasteiger partial charge in [0.1, 0.15) is 5.82 Å². The molecule has 0 aliphatic carbocycles. The molecule has 16 heavy (non-hydrogen) atoms. The first-order chi connectivity index (χ1) is 7.50. The van der Waals surface area contributed by atoms with E-state index in [0.717, 1.165) is 6.07 Å². The molecule has 0 amide bonds. The van der Waals surface area contributed by atoms with E-state index >= 15 is 0 Å². The second kappa shape index (κ2) is 3.41. The molecule has 0 unspecified atom stereocenters. The normalized spacial score (nSPS) is 10.6. The first-order valence-corrected chi connectivity index (χ1v) is 4.50. The van der Waals surface area contributed by atoms with E-state index in [1.54, 1.807) is 7.05 Å². The molecule has 0 atom stereocenters. The average molecular weight is 223 g/mol. The van der Waals surface area contributed by atoms with E-state index in [9.17, 15) is 9.50 Å². The molecule has 5 nitrogen and oxygen atoms in total. The van der Waals surface area contributed by atoms with Crippen LogP contribution in [0.4, 0.5) is 10.2 Å². The highest BCUT2D eigenvalue weighted by Gasteiger charge is 2.13. The molecule has 0 fully saturated rings. The molecule has 0 saturated heterocycles. The maximum absolute atomic E-state index is 13.2. The van der Waals surface area contributed by atoms with Gasteiger partial charge in [-0.15, -0.1) is 0 Å². The van der Waals surface area contributed by atoms with Crippen LogP contribution in [0.5, 0.6) is 11.5 Å². The van der Waals surface area contributed by atoms with Gasteiger partial charge < -0.3 is 15.9 Å². The van der Waals surface area contributed by atoms with Crippen LogP contribution in [-0.4, -0.2) is 20.0 Å². The van der Waals surface area contributed by atoms with Crippen LogP contribution in [0.3, 0.4) is 0 Å². The van der Waals surface area contributed by atoms with Gasteiger partial charge in [0, 0.05) is 12.6 Å². The number of phenolic OH excluding ortho intramolecular Hbond substituents is 2.